The minimum atomic E-state index is -3.27. The molecule has 0 radical (unpaired) electrons. The van der Waals surface area contributed by atoms with Gasteiger partial charge in [-0.1, -0.05) is 13.3 Å². The van der Waals surface area contributed by atoms with Crippen molar-refractivity contribution in [3.8, 4) is 0 Å². The third-order valence-electron chi connectivity index (χ3n) is 3.64. The molecule has 2 heterocycles. The number of unbranched alkanes of at least 4 members (excludes halogenated alkanes) is 1. The second kappa shape index (κ2) is 9.05. The number of anilines is 2. The van der Waals surface area contributed by atoms with E-state index in [-0.39, 0.29) is 5.75 Å². The van der Waals surface area contributed by atoms with Crippen LogP contribution in [0.4, 0.5) is 11.5 Å². The normalized spacial score (nSPS) is 16.2. The van der Waals surface area contributed by atoms with Crippen LogP contribution >= 0.6 is 0 Å². The summed E-state index contributed by atoms with van der Waals surface area (Å²) in [4.78, 5) is 6.58. The van der Waals surface area contributed by atoms with E-state index in [1.54, 1.807) is 18.3 Å². The molecule has 2 rings (SSSR count). The zero-order valence-corrected chi connectivity index (χ0v) is 14.4. The highest BCUT2D eigenvalue weighted by molar-refractivity contribution is 7.92. The molecule has 8 heteroatoms. The minimum Gasteiger partial charge on any atom is -0.379 e. The lowest BCUT2D eigenvalue weighted by Gasteiger charge is -2.26. The Balaban J connectivity index is 1.75. The molecule has 130 valence electrons. The van der Waals surface area contributed by atoms with Crippen LogP contribution in [0.2, 0.25) is 0 Å². The first-order valence-electron chi connectivity index (χ1n) is 8.09. The van der Waals surface area contributed by atoms with Crippen molar-refractivity contribution in [3.63, 3.8) is 0 Å². The van der Waals surface area contributed by atoms with Gasteiger partial charge in [-0.05, 0) is 18.6 Å². The monoisotopic (exact) mass is 342 g/mol. The van der Waals surface area contributed by atoms with Crippen LogP contribution in [0.5, 0.6) is 0 Å². The van der Waals surface area contributed by atoms with Crippen LogP contribution in [0.15, 0.2) is 18.3 Å². The van der Waals surface area contributed by atoms with Gasteiger partial charge in [0.05, 0.1) is 30.9 Å². The van der Waals surface area contributed by atoms with Gasteiger partial charge >= 0.3 is 0 Å². The standard InChI is InChI=1S/C15H26N4O3S/c1-2-3-12-23(20,21)18-14-4-5-15(17-13-14)16-6-7-19-8-10-22-11-9-19/h4-5,13,18H,2-3,6-12H2,1H3,(H,16,17). The van der Waals surface area contributed by atoms with Gasteiger partial charge in [-0.25, -0.2) is 13.4 Å². The Labute approximate surface area is 138 Å². The maximum absolute atomic E-state index is 11.8. The van der Waals surface area contributed by atoms with Crippen molar-refractivity contribution in [2.24, 2.45) is 0 Å². The molecule has 1 aliphatic heterocycles. The number of nitrogens with one attached hydrogen (secondary N) is 2. The molecule has 1 aliphatic rings. The summed E-state index contributed by atoms with van der Waals surface area (Å²) in [7, 11) is -3.27. The van der Waals surface area contributed by atoms with Crippen LogP contribution in [-0.4, -0.2) is 63.4 Å². The third kappa shape index (κ3) is 6.72. The van der Waals surface area contributed by atoms with E-state index in [2.05, 4.69) is 19.9 Å². The fourth-order valence-electron chi connectivity index (χ4n) is 2.29. The predicted molar refractivity (Wildman–Crippen MR) is 92.3 cm³/mol. The lowest BCUT2D eigenvalue weighted by molar-refractivity contribution is 0.0398. The smallest absolute Gasteiger partial charge is 0.232 e. The van der Waals surface area contributed by atoms with Crippen molar-refractivity contribution in [1.29, 1.82) is 0 Å². The molecule has 1 saturated heterocycles. The van der Waals surface area contributed by atoms with Gasteiger partial charge in [0, 0.05) is 26.2 Å². The number of hydrogen-bond acceptors (Lipinski definition) is 6. The Kier molecular flexibility index (Phi) is 7.07. The Morgan fingerprint density at radius 3 is 2.74 bits per heavy atom. The van der Waals surface area contributed by atoms with E-state index in [0.717, 1.165) is 51.6 Å². The van der Waals surface area contributed by atoms with Crippen LogP contribution in [0, 0.1) is 0 Å². The van der Waals surface area contributed by atoms with Gasteiger partial charge in [0.2, 0.25) is 10.0 Å². The molecular weight excluding hydrogens is 316 g/mol. The summed E-state index contributed by atoms with van der Waals surface area (Å²) in [6.45, 7) is 7.23. The molecule has 0 saturated carbocycles. The van der Waals surface area contributed by atoms with E-state index in [9.17, 15) is 8.42 Å². The summed E-state index contributed by atoms with van der Waals surface area (Å²) in [5.41, 5.74) is 0.500. The fraction of sp³-hybridized carbons (Fsp3) is 0.667. The Bertz CT molecular complexity index is 557. The topological polar surface area (TPSA) is 83.6 Å². The number of ether oxygens (including phenoxy) is 1. The Morgan fingerprint density at radius 1 is 1.30 bits per heavy atom. The molecule has 0 unspecified atom stereocenters. The number of rotatable bonds is 9. The molecule has 1 aromatic heterocycles. The Morgan fingerprint density at radius 2 is 2.09 bits per heavy atom. The summed E-state index contributed by atoms with van der Waals surface area (Å²) in [6, 6.07) is 3.52. The highest BCUT2D eigenvalue weighted by atomic mass is 32.2. The number of sulfonamides is 1. The quantitative estimate of drug-likeness (QED) is 0.705. The average molecular weight is 342 g/mol. The highest BCUT2D eigenvalue weighted by Gasteiger charge is 2.11. The lowest BCUT2D eigenvalue weighted by atomic mass is 10.4. The molecule has 0 aliphatic carbocycles. The number of morpholine rings is 1. The van der Waals surface area contributed by atoms with Gasteiger partial charge in [0.1, 0.15) is 5.82 Å². The summed E-state index contributed by atoms with van der Waals surface area (Å²) in [6.07, 6.45) is 3.05. The molecule has 23 heavy (non-hydrogen) atoms. The summed E-state index contributed by atoms with van der Waals surface area (Å²) < 4.78 is 31.5. The molecule has 1 fully saturated rings. The first-order chi connectivity index (χ1) is 11.1. The molecular formula is C15H26N4O3S. The summed E-state index contributed by atoms with van der Waals surface area (Å²) in [5, 5.41) is 3.25. The molecule has 1 aromatic rings. The summed E-state index contributed by atoms with van der Waals surface area (Å²) in [5.74, 6) is 0.887. The first-order valence-corrected chi connectivity index (χ1v) is 9.75. The van der Waals surface area contributed by atoms with E-state index in [1.165, 1.54) is 0 Å². The van der Waals surface area contributed by atoms with Gasteiger partial charge in [-0.2, -0.15) is 0 Å². The second-order valence-corrected chi connectivity index (χ2v) is 7.43. The van der Waals surface area contributed by atoms with Crippen LogP contribution in [-0.2, 0) is 14.8 Å². The minimum absolute atomic E-state index is 0.142. The molecule has 0 spiro atoms. The van der Waals surface area contributed by atoms with Gasteiger partial charge < -0.3 is 10.1 Å². The van der Waals surface area contributed by atoms with Crippen LogP contribution < -0.4 is 10.0 Å². The van der Waals surface area contributed by atoms with Crippen molar-refractivity contribution in [2.45, 2.75) is 19.8 Å². The summed E-state index contributed by atoms with van der Waals surface area (Å²) >= 11 is 0. The van der Waals surface area contributed by atoms with E-state index in [1.807, 2.05) is 6.92 Å². The van der Waals surface area contributed by atoms with E-state index in [0.29, 0.717) is 12.1 Å². The van der Waals surface area contributed by atoms with Crippen LogP contribution in [0.1, 0.15) is 19.8 Å². The SMILES string of the molecule is CCCCS(=O)(=O)Nc1ccc(NCCN2CCOCC2)nc1. The van der Waals surface area contributed by atoms with Gasteiger partial charge in [-0.3, -0.25) is 9.62 Å². The molecule has 0 amide bonds. The Hall–Kier alpha value is -1.38. The van der Waals surface area contributed by atoms with Crippen LogP contribution in [0.3, 0.4) is 0 Å². The van der Waals surface area contributed by atoms with Crippen molar-refractivity contribution < 1.29 is 13.2 Å². The molecule has 7 nitrogen and oxygen atoms in total. The largest absolute Gasteiger partial charge is 0.379 e. The number of pyridine rings is 1. The number of nitrogens with zero attached hydrogens (tertiary/aromatic N) is 2. The molecule has 0 atom stereocenters. The van der Waals surface area contributed by atoms with Gasteiger partial charge in [0.15, 0.2) is 0 Å². The van der Waals surface area contributed by atoms with Crippen molar-refractivity contribution in [1.82, 2.24) is 9.88 Å². The van der Waals surface area contributed by atoms with E-state index in [4.69, 9.17) is 4.74 Å². The van der Waals surface area contributed by atoms with Gasteiger partial charge in [0.25, 0.3) is 0 Å². The first kappa shape index (κ1) is 18.0. The molecule has 2 N–H and O–H groups in total. The fourth-order valence-corrected chi connectivity index (χ4v) is 3.54. The lowest BCUT2D eigenvalue weighted by Crippen LogP contribution is -2.39. The average Bonchev–Trinajstić information content (AvgIpc) is 2.55. The zero-order valence-electron chi connectivity index (χ0n) is 13.6. The van der Waals surface area contributed by atoms with E-state index >= 15 is 0 Å². The number of aromatic nitrogens is 1. The van der Waals surface area contributed by atoms with E-state index < -0.39 is 10.0 Å². The zero-order chi connectivity index (χ0) is 16.5. The number of hydrogen-bond donors (Lipinski definition) is 2. The van der Waals surface area contributed by atoms with Crippen LogP contribution in [0.25, 0.3) is 0 Å². The van der Waals surface area contributed by atoms with Crippen molar-refractivity contribution in [2.75, 3.05) is 55.2 Å². The highest BCUT2D eigenvalue weighted by Crippen LogP contribution is 2.12. The molecule has 0 bridgehead atoms. The van der Waals surface area contributed by atoms with Gasteiger partial charge in [-0.15, -0.1) is 0 Å². The molecule has 0 aromatic carbocycles. The third-order valence-corrected chi connectivity index (χ3v) is 5.01. The second-order valence-electron chi connectivity index (χ2n) is 5.59. The van der Waals surface area contributed by atoms with Crippen molar-refractivity contribution >= 4 is 21.5 Å². The van der Waals surface area contributed by atoms with Crippen molar-refractivity contribution in [3.05, 3.63) is 18.3 Å². The predicted octanol–water partition coefficient (Wildman–Crippen LogP) is 1.37. The maximum atomic E-state index is 11.8. The maximum Gasteiger partial charge on any atom is 0.232 e.